The Bertz CT molecular complexity index is 491. The smallest absolute Gasteiger partial charge is 0.179 e. The summed E-state index contributed by atoms with van der Waals surface area (Å²) in [6.07, 6.45) is 4.02. The Morgan fingerprint density at radius 3 is 2.73 bits per heavy atom. The van der Waals surface area contributed by atoms with Crippen LogP contribution in [0.4, 0.5) is 0 Å². The third-order valence-electron chi connectivity index (χ3n) is 2.31. The lowest BCUT2D eigenvalue weighted by atomic mass is 10.2. The highest BCUT2D eigenvalue weighted by Crippen LogP contribution is 2.25. The van der Waals surface area contributed by atoms with Gasteiger partial charge in [0.25, 0.3) is 0 Å². The lowest BCUT2D eigenvalue weighted by molar-refractivity contribution is 0.416. The SMILES string of the molecule is COc1cc(Br)cn2cc(C(C)C)nc12. The molecule has 2 heterocycles. The van der Waals surface area contributed by atoms with Crippen molar-refractivity contribution in [1.29, 1.82) is 0 Å². The first-order chi connectivity index (χ1) is 7.11. The molecule has 0 spiro atoms. The molecule has 0 radical (unpaired) electrons. The van der Waals surface area contributed by atoms with Crippen molar-refractivity contribution in [2.24, 2.45) is 0 Å². The summed E-state index contributed by atoms with van der Waals surface area (Å²) in [7, 11) is 1.66. The molecule has 0 atom stereocenters. The molecule has 0 N–H and O–H groups in total. The van der Waals surface area contributed by atoms with Gasteiger partial charge in [-0.05, 0) is 27.9 Å². The first-order valence-corrected chi connectivity index (χ1v) is 5.63. The predicted molar refractivity (Wildman–Crippen MR) is 63.5 cm³/mol. The highest BCUT2D eigenvalue weighted by atomic mass is 79.9. The van der Waals surface area contributed by atoms with E-state index in [2.05, 4.69) is 34.8 Å². The summed E-state index contributed by atoms with van der Waals surface area (Å²) in [5.74, 6) is 1.21. The molecule has 2 aromatic rings. The summed E-state index contributed by atoms with van der Waals surface area (Å²) < 4.78 is 8.26. The van der Waals surface area contributed by atoms with Crippen molar-refractivity contribution in [1.82, 2.24) is 9.38 Å². The molecule has 4 heteroatoms. The van der Waals surface area contributed by atoms with E-state index in [-0.39, 0.29) is 0 Å². The van der Waals surface area contributed by atoms with Crippen LogP contribution in [0.1, 0.15) is 25.5 Å². The van der Waals surface area contributed by atoms with Crippen LogP contribution in [0.2, 0.25) is 0 Å². The van der Waals surface area contributed by atoms with E-state index >= 15 is 0 Å². The lowest BCUT2D eigenvalue weighted by Crippen LogP contribution is -1.90. The minimum Gasteiger partial charge on any atom is -0.493 e. The Morgan fingerprint density at radius 2 is 2.13 bits per heavy atom. The molecule has 0 aliphatic rings. The van der Waals surface area contributed by atoms with Crippen LogP contribution in [0.25, 0.3) is 5.65 Å². The normalized spacial score (nSPS) is 11.3. The van der Waals surface area contributed by atoms with Crippen molar-refractivity contribution < 1.29 is 4.74 Å². The number of hydrogen-bond acceptors (Lipinski definition) is 2. The van der Waals surface area contributed by atoms with Crippen LogP contribution in [0.3, 0.4) is 0 Å². The van der Waals surface area contributed by atoms with E-state index in [4.69, 9.17) is 4.74 Å². The van der Waals surface area contributed by atoms with Gasteiger partial charge >= 0.3 is 0 Å². The fraction of sp³-hybridized carbons (Fsp3) is 0.364. The molecule has 0 amide bonds. The summed E-state index contributed by atoms with van der Waals surface area (Å²) in [5.41, 5.74) is 1.94. The number of methoxy groups -OCH3 is 1. The van der Waals surface area contributed by atoms with E-state index in [1.54, 1.807) is 7.11 Å². The number of hydrogen-bond donors (Lipinski definition) is 0. The molecule has 0 aromatic carbocycles. The number of nitrogens with zero attached hydrogens (tertiary/aromatic N) is 2. The van der Waals surface area contributed by atoms with Gasteiger partial charge in [-0.3, -0.25) is 0 Å². The van der Waals surface area contributed by atoms with Gasteiger partial charge in [-0.25, -0.2) is 4.98 Å². The van der Waals surface area contributed by atoms with Crippen LogP contribution >= 0.6 is 15.9 Å². The summed E-state index contributed by atoms with van der Waals surface area (Å²) in [5, 5.41) is 0. The average Bonchev–Trinajstić information content (AvgIpc) is 2.59. The molecule has 80 valence electrons. The number of rotatable bonds is 2. The van der Waals surface area contributed by atoms with E-state index in [1.807, 2.05) is 22.9 Å². The standard InChI is InChI=1S/C11H13BrN2O/c1-7(2)9-6-14-5-8(12)4-10(15-3)11(14)13-9/h4-7H,1-3H3. The first-order valence-electron chi connectivity index (χ1n) is 4.84. The third-order valence-corrected chi connectivity index (χ3v) is 2.75. The largest absolute Gasteiger partial charge is 0.493 e. The maximum atomic E-state index is 5.29. The van der Waals surface area contributed by atoms with Crippen molar-refractivity contribution in [2.45, 2.75) is 19.8 Å². The van der Waals surface area contributed by atoms with Gasteiger partial charge in [-0.2, -0.15) is 0 Å². The second-order valence-corrected chi connectivity index (χ2v) is 4.69. The van der Waals surface area contributed by atoms with E-state index < -0.39 is 0 Å². The molecule has 0 saturated heterocycles. The van der Waals surface area contributed by atoms with E-state index in [0.29, 0.717) is 5.92 Å². The van der Waals surface area contributed by atoms with Crippen LogP contribution in [-0.4, -0.2) is 16.5 Å². The van der Waals surface area contributed by atoms with Crippen LogP contribution in [-0.2, 0) is 0 Å². The van der Waals surface area contributed by atoms with Gasteiger partial charge in [0, 0.05) is 16.9 Å². The second-order valence-electron chi connectivity index (χ2n) is 3.78. The van der Waals surface area contributed by atoms with Crippen LogP contribution < -0.4 is 4.74 Å². The molecule has 2 aromatic heterocycles. The Kier molecular flexibility index (Phi) is 2.69. The van der Waals surface area contributed by atoms with Crippen LogP contribution in [0, 0.1) is 0 Å². The average molecular weight is 269 g/mol. The topological polar surface area (TPSA) is 26.5 Å². The number of pyridine rings is 1. The predicted octanol–water partition coefficient (Wildman–Crippen LogP) is 3.23. The second kappa shape index (κ2) is 3.85. The zero-order valence-electron chi connectivity index (χ0n) is 8.99. The zero-order chi connectivity index (χ0) is 11.0. The number of imidazole rings is 1. The van der Waals surface area contributed by atoms with Gasteiger partial charge in [-0.1, -0.05) is 13.8 Å². The fourth-order valence-electron chi connectivity index (χ4n) is 1.48. The minimum atomic E-state index is 0.424. The molecule has 0 fully saturated rings. The van der Waals surface area contributed by atoms with Gasteiger partial charge in [-0.15, -0.1) is 0 Å². The molecule has 0 bridgehead atoms. The quantitative estimate of drug-likeness (QED) is 0.836. The molecule has 2 rings (SSSR count). The van der Waals surface area contributed by atoms with Crippen molar-refractivity contribution in [3.63, 3.8) is 0 Å². The summed E-state index contributed by atoms with van der Waals surface area (Å²) in [6, 6.07) is 1.92. The molecular weight excluding hydrogens is 256 g/mol. The van der Waals surface area contributed by atoms with Crippen LogP contribution in [0.5, 0.6) is 5.75 Å². The molecule has 0 saturated carbocycles. The highest BCUT2D eigenvalue weighted by molar-refractivity contribution is 9.10. The monoisotopic (exact) mass is 268 g/mol. The number of aromatic nitrogens is 2. The highest BCUT2D eigenvalue weighted by Gasteiger charge is 2.10. The van der Waals surface area contributed by atoms with Crippen molar-refractivity contribution >= 4 is 21.6 Å². The number of halogens is 1. The molecule has 0 aliphatic heterocycles. The van der Waals surface area contributed by atoms with Gasteiger partial charge in [0.1, 0.15) is 0 Å². The van der Waals surface area contributed by atoms with Gasteiger partial charge in [0.2, 0.25) is 0 Å². The Balaban J connectivity index is 2.68. The number of fused-ring (bicyclic) bond motifs is 1. The molecule has 3 nitrogen and oxygen atoms in total. The Morgan fingerprint density at radius 1 is 1.40 bits per heavy atom. The van der Waals surface area contributed by atoms with E-state index in [0.717, 1.165) is 21.6 Å². The third kappa shape index (κ3) is 1.86. The maximum absolute atomic E-state index is 5.29. The Hall–Kier alpha value is -1.03. The van der Waals surface area contributed by atoms with Gasteiger partial charge in [0.15, 0.2) is 11.4 Å². The zero-order valence-corrected chi connectivity index (χ0v) is 10.6. The van der Waals surface area contributed by atoms with Crippen LogP contribution in [0.15, 0.2) is 22.9 Å². The van der Waals surface area contributed by atoms with Gasteiger partial charge < -0.3 is 9.14 Å². The lowest BCUT2D eigenvalue weighted by Gasteiger charge is -2.02. The first kappa shape index (κ1) is 10.5. The maximum Gasteiger partial charge on any atom is 0.179 e. The van der Waals surface area contributed by atoms with Crippen molar-refractivity contribution in [3.05, 3.63) is 28.6 Å². The van der Waals surface area contributed by atoms with Crippen molar-refractivity contribution in [2.75, 3.05) is 7.11 Å². The van der Waals surface area contributed by atoms with E-state index in [9.17, 15) is 0 Å². The summed E-state index contributed by atoms with van der Waals surface area (Å²) >= 11 is 3.44. The minimum absolute atomic E-state index is 0.424. The van der Waals surface area contributed by atoms with Gasteiger partial charge in [0.05, 0.1) is 12.8 Å². The summed E-state index contributed by atoms with van der Waals surface area (Å²) in [4.78, 5) is 4.54. The molecular formula is C11H13BrN2O. The molecule has 0 unspecified atom stereocenters. The summed E-state index contributed by atoms with van der Waals surface area (Å²) in [6.45, 7) is 4.26. The fourth-order valence-corrected chi connectivity index (χ4v) is 1.91. The molecule has 0 aliphatic carbocycles. The Labute approximate surface area is 97.2 Å². The molecule has 15 heavy (non-hydrogen) atoms. The number of ether oxygens (including phenoxy) is 1. The van der Waals surface area contributed by atoms with E-state index in [1.165, 1.54) is 0 Å². The van der Waals surface area contributed by atoms with Crippen molar-refractivity contribution in [3.8, 4) is 5.75 Å².